The summed E-state index contributed by atoms with van der Waals surface area (Å²) in [6, 6.07) is 12.4. The van der Waals surface area contributed by atoms with Crippen LogP contribution in [0.3, 0.4) is 0 Å². The van der Waals surface area contributed by atoms with Gasteiger partial charge in [0.1, 0.15) is 0 Å². The average molecular weight is 356 g/mol. The lowest BCUT2D eigenvalue weighted by Crippen LogP contribution is -2.30. The van der Waals surface area contributed by atoms with Gasteiger partial charge in [-0.2, -0.15) is 5.26 Å². The fourth-order valence-corrected chi connectivity index (χ4v) is 2.15. The second-order valence-corrected chi connectivity index (χ2v) is 5.46. The number of esters is 1. The van der Waals surface area contributed by atoms with E-state index in [-0.39, 0.29) is 12.2 Å². The summed E-state index contributed by atoms with van der Waals surface area (Å²) < 4.78 is 23.5. The Morgan fingerprint density at radius 1 is 1.23 bits per heavy atom. The van der Waals surface area contributed by atoms with E-state index < -0.39 is 23.8 Å². The molecule has 2 aromatic rings. The van der Waals surface area contributed by atoms with E-state index in [1.807, 2.05) is 6.07 Å². The molecule has 0 aromatic heterocycles. The van der Waals surface area contributed by atoms with Crippen LogP contribution in [-0.4, -0.2) is 25.1 Å². The third kappa shape index (κ3) is 5.05. The second kappa shape index (κ2) is 8.62. The molecule has 6 nitrogen and oxygen atoms in total. The smallest absolute Gasteiger partial charge is 0.311 e. The molecule has 1 N–H and O–H groups in total. The quantitative estimate of drug-likeness (QED) is 0.804. The number of carbonyl (C=O) groups is 2. The van der Waals surface area contributed by atoms with Crippen LogP contribution in [0.1, 0.15) is 18.1 Å². The Hall–Kier alpha value is -3.40. The van der Waals surface area contributed by atoms with Crippen LogP contribution in [0.25, 0.3) is 0 Å². The number of nitriles is 1. The lowest BCUT2D eigenvalue weighted by Gasteiger charge is -2.14. The maximum atomic E-state index is 13.6. The number of benzene rings is 2. The Bertz CT molecular complexity index is 844. The Labute approximate surface area is 150 Å². The number of rotatable bonds is 6. The number of nitrogens with zero attached hydrogens (tertiary/aromatic N) is 1. The summed E-state index contributed by atoms with van der Waals surface area (Å²) >= 11 is 0. The highest BCUT2D eigenvalue weighted by molar-refractivity contribution is 5.95. The van der Waals surface area contributed by atoms with Gasteiger partial charge in [-0.1, -0.05) is 6.07 Å². The molecule has 7 heteroatoms. The summed E-state index contributed by atoms with van der Waals surface area (Å²) in [6.45, 7) is 1.44. The molecule has 26 heavy (non-hydrogen) atoms. The largest absolute Gasteiger partial charge is 0.494 e. The molecule has 0 fully saturated rings. The predicted octanol–water partition coefficient (Wildman–Crippen LogP) is 2.82. The molecule has 0 aliphatic heterocycles. The summed E-state index contributed by atoms with van der Waals surface area (Å²) in [4.78, 5) is 24.0. The second-order valence-electron chi connectivity index (χ2n) is 5.46. The average Bonchev–Trinajstić information content (AvgIpc) is 2.62. The highest BCUT2D eigenvalue weighted by atomic mass is 19.1. The Kier molecular flexibility index (Phi) is 6.28. The standard InChI is InChI=1S/C19H17FN2O4/c1-12(19(24)22-15-6-3-13(11-21)4-7-15)26-18(23)10-14-5-8-17(25-2)16(20)9-14/h3-9,12H,10H2,1-2H3,(H,22,24)/t12-/m0/s1. The van der Waals surface area contributed by atoms with Crippen molar-refractivity contribution in [2.75, 3.05) is 12.4 Å². The molecule has 0 unspecified atom stereocenters. The highest BCUT2D eigenvalue weighted by Gasteiger charge is 2.18. The van der Waals surface area contributed by atoms with E-state index >= 15 is 0 Å². The predicted molar refractivity (Wildman–Crippen MR) is 92.0 cm³/mol. The Balaban J connectivity index is 1.90. The monoisotopic (exact) mass is 356 g/mol. The van der Waals surface area contributed by atoms with Gasteiger partial charge >= 0.3 is 5.97 Å². The van der Waals surface area contributed by atoms with Gasteiger partial charge in [0.25, 0.3) is 5.91 Å². The maximum absolute atomic E-state index is 13.6. The number of hydrogen-bond acceptors (Lipinski definition) is 5. The van der Waals surface area contributed by atoms with Gasteiger partial charge in [-0.05, 0) is 48.9 Å². The SMILES string of the molecule is COc1ccc(CC(=O)O[C@@H](C)C(=O)Nc2ccc(C#N)cc2)cc1F. The van der Waals surface area contributed by atoms with Crippen LogP contribution in [0.2, 0.25) is 0 Å². The molecular formula is C19H17FN2O4. The topological polar surface area (TPSA) is 88.4 Å². The molecule has 0 bridgehead atoms. The van der Waals surface area contributed by atoms with E-state index in [0.717, 1.165) is 0 Å². The zero-order valence-electron chi connectivity index (χ0n) is 14.3. The van der Waals surface area contributed by atoms with E-state index in [1.54, 1.807) is 30.3 Å². The van der Waals surface area contributed by atoms with Crippen molar-refractivity contribution in [3.05, 3.63) is 59.4 Å². The molecule has 0 spiro atoms. The summed E-state index contributed by atoms with van der Waals surface area (Å²) in [5.41, 5.74) is 1.36. The highest BCUT2D eigenvalue weighted by Crippen LogP contribution is 2.18. The lowest BCUT2D eigenvalue weighted by atomic mass is 10.1. The number of carbonyl (C=O) groups excluding carboxylic acids is 2. The van der Waals surface area contributed by atoms with Crippen LogP contribution >= 0.6 is 0 Å². The molecular weight excluding hydrogens is 339 g/mol. The Morgan fingerprint density at radius 2 is 1.92 bits per heavy atom. The molecule has 0 saturated heterocycles. The Morgan fingerprint density at radius 3 is 2.50 bits per heavy atom. The van der Waals surface area contributed by atoms with E-state index in [4.69, 9.17) is 14.7 Å². The summed E-state index contributed by atoms with van der Waals surface area (Å²) in [6.07, 6.45) is -1.20. The number of halogens is 1. The third-order valence-corrected chi connectivity index (χ3v) is 3.52. The van der Waals surface area contributed by atoms with E-state index in [2.05, 4.69) is 5.32 Å². The molecule has 0 radical (unpaired) electrons. The van der Waals surface area contributed by atoms with Gasteiger partial charge in [0.05, 0.1) is 25.2 Å². The third-order valence-electron chi connectivity index (χ3n) is 3.52. The van der Waals surface area contributed by atoms with Crippen molar-refractivity contribution in [3.63, 3.8) is 0 Å². The molecule has 1 amide bonds. The first-order valence-electron chi connectivity index (χ1n) is 7.76. The van der Waals surface area contributed by atoms with E-state index in [1.165, 1.54) is 26.2 Å². The number of nitrogens with one attached hydrogen (secondary N) is 1. The zero-order chi connectivity index (χ0) is 19.1. The minimum absolute atomic E-state index is 0.0808. The van der Waals surface area contributed by atoms with Gasteiger partial charge in [0.2, 0.25) is 0 Å². The van der Waals surface area contributed by atoms with Crippen molar-refractivity contribution in [2.24, 2.45) is 0 Å². The fourth-order valence-electron chi connectivity index (χ4n) is 2.15. The summed E-state index contributed by atoms with van der Waals surface area (Å²) in [7, 11) is 1.35. The van der Waals surface area contributed by atoms with Crippen LogP contribution in [0.4, 0.5) is 10.1 Å². The van der Waals surface area contributed by atoms with Crippen molar-refractivity contribution in [1.82, 2.24) is 0 Å². The van der Waals surface area contributed by atoms with Crippen molar-refractivity contribution in [3.8, 4) is 11.8 Å². The van der Waals surface area contributed by atoms with Crippen molar-refractivity contribution >= 4 is 17.6 Å². The normalized spacial score (nSPS) is 11.2. The summed E-state index contributed by atoms with van der Waals surface area (Å²) in [5, 5.41) is 11.3. The minimum Gasteiger partial charge on any atom is -0.494 e. The molecule has 2 aromatic carbocycles. The van der Waals surface area contributed by atoms with Gasteiger partial charge in [-0.15, -0.1) is 0 Å². The molecule has 0 aliphatic rings. The van der Waals surface area contributed by atoms with Gasteiger partial charge in [0, 0.05) is 5.69 Å². The first kappa shape index (κ1) is 18.9. The number of methoxy groups -OCH3 is 1. The first-order chi connectivity index (χ1) is 12.4. The van der Waals surface area contributed by atoms with Gasteiger partial charge < -0.3 is 14.8 Å². The zero-order valence-corrected chi connectivity index (χ0v) is 14.3. The van der Waals surface area contributed by atoms with Gasteiger partial charge in [0.15, 0.2) is 17.7 Å². The van der Waals surface area contributed by atoms with E-state index in [9.17, 15) is 14.0 Å². The fraction of sp³-hybridized carbons (Fsp3) is 0.211. The van der Waals surface area contributed by atoms with Crippen molar-refractivity contribution < 1.29 is 23.5 Å². The van der Waals surface area contributed by atoms with Crippen LogP contribution in [0.15, 0.2) is 42.5 Å². The molecule has 2 rings (SSSR count). The molecule has 0 heterocycles. The molecule has 1 atom stereocenters. The van der Waals surface area contributed by atoms with Crippen LogP contribution in [0.5, 0.6) is 5.75 Å². The van der Waals surface area contributed by atoms with Crippen molar-refractivity contribution in [1.29, 1.82) is 5.26 Å². The van der Waals surface area contributed by atoms with Crippen LogP contribution < -0.4 is 10.1 Å². The molecule has 0 aliphatic carbocycles. The number of amides is 1. The van der Waals surface area contributed by atoms with Gasteiger partial charge in [-0.25, -0.2) is 4.39 Å². The minimum atomic E-state index is -1.03. The summed E-state index contributed by atoms with van der Waals surface area (Å²) in [5.74, 6) is -1.66. The van der Waals surface area contributed by atoms with Crippen molar-refractivity contribution in [2.45, 2.75) is 19.4 Å². The maximum Gasteiger partial charge on any atom is 0.311 e. The first-order valence-corrected chi connectivity index (χ1v) is 7.76. The van der Waals surface area contributed by atoms with Gasteiger partial charge in [-0.3, -0.25) is 9.59 Å². The number of ether oxygens (including phenoxy) is 2. The molecule has 134 valence electrons. The van der Waals surface area contributed by atoms with Crippen LogP contribution in [-0.2, 0) is 20.7 Å². The lowest BCUT2D eigenvalue weighted by molar-refractivity contribution is -0.152. The van der Waals surface area contributed by atoms with Crippen LogP contribution in [0, 0.1) is 17.1 Å². The number of hydrogen-bond donors (Lipinski definition) is 1. The number of anilines is 1. The molecule has 0 saturated carbocycles. The van der Waals surface area contributed by atoms with E-state index in [0.29, 0.717) is 16.8 Å².